The molecule has 0 bridgehead atoms. The minimum atomic E-state index is 0.154. The van der Waals surface area contributed by atoms with E-state index >= 15 is 0 Å². The Kier molecular flexibility index (Phi) is 5.03. The molecule has 0 fully saturated rings. The van der Waals surface area contributed by atoms with Crippen LogP contribution in [0.25, 0.3) is 0 Å². The zero-order chi connectivity index (χ0) is 17.8. The summed E-state index contributed by atoms with van der Waals surface area (Å²) in [6.45, 7) is 5.11. The molecule has 0 amide bonds. The monoisotopic (exact) mass is 332 g/mol. The summed E-state index contributed by atoms with van der Waals surface area (Å²) in [6.07, 6.45) is 0. The first-order valence-corrected chi connectivity index (χ1v) is 8.56. The highest BCUT2D eigenvalue weighted by Gasteiger charge is 2.18. The van der Waals surface area contributed by atoms with Gasteiger partial charge in [0.05, 0.1) is 6.54 Å². The van der Waals surface area contributed by atoms with Gasteiger partial charge in [-0.1, -0.05) is 48.5 Å². The standard InChI is InChI=1S/C22H24N2O/c1-17-14-21(18(2)23(17)3)22(25)16-24(20-12-8-5-9-13-20)15-19-10-6-4-7-11-19/h4-14H,15-16H2,1-3H3. The van der Waals surface area contributed by atoms with Crippen LogP contribution in [0.3, 0.4) is 0 Å². The fraction of sp³-hybridized carbons (Fsp3) is 0.227. The van der Waals surface area contributed by atoms with Gasteiger partial charge >= 0.3 is 0 Å². The number of carbonyl (C=O) groups excluding carboxylic acids is 1. The van der Waals surface area contributed by atoms with Crippen molar-refractivity contribution >= 4 is 11.5 Å². The van der Waals surface area contributed by atoms with Gasteiger partial charge in [0, 0.05) is 36.2 Å². The van der Waals surface area contributed by atoms with E-state index in [1.807, 2.05) is 63.4 Å². The second-order valence-electron chi connectivity index (χ2n) is 6.44. The van der Waals surface area contributed by atoms with E-state index in [0.29, 0.717) is 13.1 Å². The van der Waals surface area contributed by atoms with E-state index < -0.39 is 0 Å². The van der Waals surface area contributed by atoms with Crippen molar-refractivity contribution in [3.05, 3.63) is 89.2 Å². The van der Waals surface area contributed by atoms with E-state index in [0.717, 1.165) is 22.6 Å². The Hall–Kier alpha value is -2.81. The minimum Gasteiger partial charge on any atom is -0.359 e. The first-order chi connectivity index (χ1) is 12.1. The van der Waals surface area contributed by atoms with Crippen LogP contribution in [0.5, 0.6) is 0 Å². The lowest BCUT2D eigenvalue weighted by molar-refractivity contribution is 0.0998. The molecule has 2 aromatic carbocycles. The number of aromatic nitrogens is 1. The van der Waals surface area contributed by atoms with Gasteiger partial charge in [0.1, 0.15) is 0 Å². The number of hydrogen-bond acceptors (Lipinski definition) is 2. The second kappa shape index (κ2) is 7.39. The van der Waals surface area contributed by atoms with Gasteiger partial charge in [-0.25, -0.2) is 0 Å². The van der Waals surface area contributed by atoms with E-state index in [1.54, 1.807) is 0 Å². The molecule has 0 radical (unpaired) electrons. The number of para-hydroxylation sites is 1. The number of hydrogen-bond donors (Lipinski definition) is 0. The molecule has 0 aliphatic heterocycles. The maximum absolute atomic E-state index is 13.0. The Morgan fingerprint density at radius 3 is 2.12 bits per heavy atom. The number of carbonyl (C=O) groups is 1. The van der Waals surface area contributed by atoms with Crippen LogP contribution in [0.4, 0.5) is 5.69 Å². The molecule has 25 heavy (non-hydrogen) atoms. The van der Waals surface area contributed by atoms with Crippen LogP contribution >= 0.6 is 0 Å². The van der Waals surface area contributed by atoms with Crippen molar-refractivity contribution in [2.24, 2.45) is 7.05 Å². The highest BCUT2D eigenvalue weighted by atomic mass is 16.1. The van der Waals surface area contributed by atoms with E-state index in [-0.39, 0.29) is 5.78 Å². The number of benzene rings is 2. The fourth-order valence-electron chi connectivity index (χ4n) is 3.08. The topological polar surface area (TPSA) is 25.2 Å². The van der Waals surface area contributed by atoms with Crippen LogP contribution in [0.2, 0.25) is 0 Å². The summed E-state index contributed by atoms with van der Waals surface area (Å²) in [6, 6.07) is 22.4. The zero-order valence-electron chi connectivity index (χ0n) is 15.1. The third-order valence-electron chi connectivity index (χ3n) is 4.75. The van der Waals surface area contributed by atoms with E-state index in [2.05, 4.69) is 33.7 Å². The lowest BCUT2D eigenvalue weighted by Gasteiger charge is -2.24. The number of aryl methyl sites for hydroxylation is 1. The summed E-state index contributed by atoms with van der Waals surface area (Å²) >= 11 is 0. The highest BCUT2D eigenvalue weighted by molar-refractivity contribution is 6.00. The van der Waals surface area contributed by atoms with Crippen LogP contribution in [-0.2, 0) is 13.6 Å². The van der Waals surface area contributed by atoms with Crippen molar-refractivity contribution in [2.75, 3.05) is 11.4 Å². The molecule has 3 heteroatoms. The Balaban J connectivity index is 1.87. The molecule has 0 saturated carbocycles. The first kappa shape index (κ1) is 17.0. The molecule has 3 aromatic rings. The molecule has 1 aromatic heterocycles. The quantitative estimate of drug-likeness (QED) is 0.620. The van der Waals surface area contributed by atoms with E-state index in [1.165, 1.54) is 5.56 Å². The molecule has 128 valence electrons. The van der Waals surface area contributed by atoms with Gasteiger partial charge in [-0.3, -0.25) is 4.79 Å². The molecule has 0 spiro atoms. The average molecular weight is 332 g/mol. The van der Waals surface area contributed by atoms with Gasteiger partial charge < -0.3 is 9.47 Å². The third-order valence-corrected chi connectivity index (χ3v) is 4.75. The molecule has 0 unspecified atom stereocenters. The molecule has 0 aliphatic carbocycles. The Bertz CT molecular complexity index is 850. The molecule has 0 saturated heterocycles. The number of rotatable bonds is 6. The molecule has 0 N–H and O–H groups in total. The fourth-order valence-corrected chi connectivity index (χ4v) is 3.08. The SMILES string of the molecule is Cc1cc(C(=O)CN(Cc2ccccc2)c2ccccc2)c(C)n1C. The van der Waals surface area contributed by atoms with Gasteiger partial charge in [-0.05, 0) is 37.6 Å². The summed E-state index contributed by atoms with van der Waals surface area (Å²) in [4.78, 5) is 15.1. The van der Waals surface area contributed by atoms with Crippen molar-refractivity contribution < 1.29 is 4.79 Å². The zero-order valence-corrected chi connectivity index (χ0v) is 15.1. The number of Topliss-reactive ketones (excluding diaryl/α,β-unsaturated/α-hetero) is 1. The molecule has 0 aliphatic rings. The maximum atomic E-state index is 13.0. The predicted molar refractivity (Wildman–Crippen MR) is 103 cm³/mol. The summed E-state index contributed by atoms with van der Waals surface area (Å²) < 4.78 is 2.07. The molecule has 3 nitrogen and oxygen atoms in total. The highest BCUT2D eigenvalue weighted by Crippen LogP contribution is 2.20. The van der Waals surface area contributed by atoms with Crippen LogP contribution in [0.1, 0.15) is 27.3 Å². The Morgan fingerprint density at radius 2 is 1.56 bits per heavy atom. The van der Waals surface area contributed by atoms with Gasteiger partial charge in [-0.2, -0.15) is 0 Å². The molecule has 1 heterocycles. The molecule has 0 atom stereocenters. The smallest absolute Gasteiger partial charge is 0.183 e. The number of ketones is 1. The van der Waals surface area contributed by atoms with Crippen LogP contribution in [0.15, 0.2) is 66.7 Å². The van der Waals surface area contributed by atoms with E-state index in [4.69, 9.17) is 0 Å². The summed E-state index contributed by atoms with van der Waals surface area (Å²) in [5.41, 5.74) is 5.20. The van der Waals surface area contributed by atoms with Crippen molar-refractivity contribution in [1.82, 2.24) is 4.57 Å². The summed E-state index contributed by atoms with van der Waals surface area (Å²) in [5, 5.41) is 0. The van der Waals surface area contributed by atoms with Gasteiger partial charge in [0.25, 0.3) is 0 Å². The number of anilines is 1. The van der Waals surface area contributed by atoms with Crippen molar-refractivity contribution in [1.29, 1.82) is 0 Å². The normalized spacial score (nSPS) is 10.7. The van der Waals surface area contributed by atoms with Crippen LogP contribution in [0, 0.1) is 13.8 Å². The maximum Gasteiger partial charge on any atom is 0.183 e. The molecule has 3 rings (SSSR count). The van der Waals surface area contributed by atoms with Gasteiger partial charge in [0.2, 0.25) is 0 Å². The van der Waals surface area contributed by atoms with Gasteiger partial charge in [-0.15, -0.1) is 0 Å². The predicted octanol–water partition coefficient (Wildman–Crippen LogP) is 4.53. The van der Waals surface area contributed by atoms with Crippen molar-refractivity contribution in [3.63, 3.8) is 0 Å². The molecular weight excluding hydrogens is 308 g/mol. The minimum absolute atomic E-state index is 0.154. The Morgan fingerprint density at radius 1 is 0.960 bits per heavy atom. The van der Waals surface area contributed by atoms with Crippen LogP contribution in [-0.4, -0.2) is 16.9 Å². The van der Waals surface area contributed by atoms with Crippen molar-refractivity contribution in [3.8, 4) is 0 Å². The number of nitrogens with zero attached hydrogens (tertiary/aromatic N) is 2. The average Bonchev–Trinajstić information content (AvgIpc) is 2.90. The molecular formula is C22H24N2O. The first-order valence-electron chi connectivity index (χ1n) is 8.56. The largest absolute Gasteiger partial charge is 0.359 e. The summed E-state index contributed by atoms with van der Waals surface area (Å²) in [5.74, 6) is 0.154. The lowest BCUT2D eigenvalue weighted by Crippen LogP contribution is -2.29. The lowest BCUT2D eigenvalue weighted by atomic mass is 10.1. The summed E-state index contributed by atoms with van der Waals surface area (Å²) in [7, 11) is 2.00. The van der Waals surface area contributed by atoms with E-state index in [9.17, 15) is 4.79 Å². The van der Waals surface area contributed by atoms with Crippen molar-refractivity contribution in [2.45, 2.75) is 20.4 Å². The third kappa shape index (κ3) is 3.82. The van der Waals surface area contributed by atoms with Gasteiger partial charge in [0.15, 0.2) is 5.78 Å². The van der Waals surface area contributed by atoms with Crippen LogP contribution < -0.4 is 4.90 Å². The Labute approximate surface area is 149 Å². The second-order valence-corrected chi connectivity index (χ2v) is 6.44.